The molecule has 1 amide bonds. The van der Waals surface area contributed by atoms with E-state index in [1.54, 1.807) is 19.2 Å². The van der Waals surface area contributed by atoms with Crippen molar-refractivity contribution in [1.82, 2.24) is 10.2 Å². The van der Waals surface area contributed by atoms with E-state index in [0.29, 0.717) is 22.5 Å². The molecule has 0 radical (unpaired) electrons. The number of carbonyl (C=O) groups is 1. The highest BCUT2D eigenvalue weighted by Crippen LogP contribution is 2.33. The molecular weight excluding hydrogens is 450 g/mol. The maximum absolute atomic E-state index is 13.3. The number of methoxy groups -OCH3 is 1. The zero-order chi connectivity index (χ0) is 21.5. The number of carbonyl (C=O) groups excluding carboxylic acids is 1. The topological polar surface area (TPSA) is 84.7 Å². The molecule has 0 unspecified atom stereocenters. The summed E-state index contributed by atoms with van der Waals surface area (Å²) < 4.78 is 6.08. The van der Waals surface area contributed by atoms with E-state index in [0.717, 1.165) is 43.5 Å². The Bertz CT molecular complexity index is 938. The van der Waals surface area contributed by atoms with Gasteiger partial charge in [0.1, 0.15) is 11.4 Å². The highest BCUT2D eigenvalue weighted by atomic mass is 79.9. The molecule has 7 nitrogen and oxygen atoms in total. The van der Waals surface area contributed by atoms with E-state index >= 15 is 0 Å². The SMILES string of the molecule is COc1ccccc1/C(Br)=C(\NCc1ccc([N+](=O)[O-])cc1)C(=O)N1CCCCC1. The molecular formula is C22H24BrN3O4. The van der Waals surface area contributed by atoms with Gasteiger partial charge in [0, 0.05) is 37.3 Å². The molecule has 3 rings (SSSR count). The molecule has 1 aliphatic heterocycles. The van der Waals surface area contributed by atoms with Crippen molar-refractivity contribution in [3.8, 4) is 5.75 Å². The van der Waals surface area contributed by atoms with Crippen LogP contribution >= 0.6 is 15.9 Å². The number of amides is 1. The van der Waals surface area contributed by atoms with Crippen molar-refractivity contribution in [2.75, 3.05) is 20.2 Å². The number of para-hydroxylation sites is 1. The van der Waals surface area contributed by atoms with Crippen molar-refractivity contribution in [2.45, 2.75) is 25.8 Å². The van der Waals surface area contributed by atoms with Crippen molar-refractivity contribution < 1.29 is 14.5 Å². The Morgan fingerprint density at radius 1 is 1.13 bits per heavy atom. The molecule has 2 aromatic rings. The fraction of sp³-hybridized carbons (Fsp3) is 0.318. The third-order valence-electron chi connectivity index (χ3n) is 5.04. The van der Waals surface area contributed by atoms with Crippen molar-refractivity contribution in [2.24, 2.45) is 0 Å². The normalized spacial score (nSPS) is 14.7. The molecule has 0 spiro atoms. The largest absolute Gasteiger partial charge is 0.496 e. The minimum Gasteiger partial charge on any atom is -0.496 e. The number of likely N-dealkylation sites (tertiary alicyclic amines) is 1. The number of benzene rings is 2. The van der Waals surface area contributed by atoms with Gasteiger partial charge >= 0.3 is 0 Å². The molecule has 1 heterocycles. The van der Waals surface area contributed by atoms with Crippen molar-refractivity contribution >= 4 is 32.0 Å². The number of halogens is 1. The van der Waals surface area contributed by atoms with Gasteiger partial charge in [-0.3, -0.25) is 14.9 Å². The maximum Gasteiger partial charge on any atom is 0.271 e. The Morgan fingerprint density at radius 2 is 1.80 bits per heavy atom. The smallest absolute Gasteiger partial charge is 0.271 e. The second-order valence-corrected chi connectivity index (χ2v) is 7.81. The van der Waals surface area contributed by atoms with E-state index in [-0.39, 0.29) is 11.6 Å². The fourth-order valence-corrected chi connectivity index (χ4v) is 4.03. The number of hydrogen-bond donors (Lipinski definition) is 1. The second kappa shape index (κ2) is 10.2. The highest BCUT2D eigenvalue weighted by molar-refractivity contribution is 9.15. The minimum atomic E-state index is -0.430. The predicted octanol–water partition coefficient (Wildman–Crippen LogP) is 4.47. The Balaban J connectivity index is 1.90. The summed E-state index contributed by atoms with van der Waals surface area (Å²) in [6.45, 7) is 1.82. The van der Waals surface area contributed by atoms with E-state index in [2.05, 4.69) is 21.2 Å². The highest BCUT2D eigenvalue weighted by Gasteiger charge is 2.24. The maximum atomic E-state index is 13.3. The van der Waals surface area contributed by atoms with Crippen LogP contribution < -0.4 is 10.1 Å². The molecule has 30 heavy (non-hydrogen) atoms. The van der Waals surface area contributed by atoms with Crippen LogP contribution in [0.15, 0.2) is 54.2 Å². The number of nitro benzene ring substituents is 1. The number of piperidine rings is 1. The quantitative estimate of drug-likeness (QED) is 0.364. The summed E-state index contributed by atoms with van der Waals surface area (Å²) in [6, 6.07) is 13.8. The van der Waals surface area contributed by atoms with Crippen LogP contribution in [0.2, 0.25) is 0 Å². The zero-order valence-corrected chi connectivity index (χ0v) is 18.4. The van der Waals surface area contributed by atoms with Gasteiger partial charge in [-0.1, -0.05) is 30.3 Å². The van der Waals surface area contributed by atoms with Gasteiger partial charge in [0.05, 0.1) is 16.5 Å². The summed E-state index contributed by atoms with van der Waals surface area (Å²) in [5.41, 5.74) is 2.09. The van der Waals surface area contributed by atoms with Gasteiger partial charge in [-0.25, -0.2) is 0 Å². The summed E-state index contributed by atoms with van der Waals surface area (Å²) >= 11 is 3.62. The lowest BCUT2D eigenvalue weighted by Gasteiger charge is -2.28. The predicted molar refractivity (Wildman–Crippen MR) is 119 cm³/mol. The van der Waals surface area contributed by atoms with Gasteiger partial charge in [0.2, 0.25) is 0 Å². The average molecular weight is 474 g/mol. The van der Waals surface area contributed by atoms with Crippen LogP contribution in [0.3, 0.4) is 0 Å². The molecule has 2 aromatic carbocycles. The number of nitrogens with zero attached hydrogens (tertiary/aromatic N) is 2. The van der Waals surface area contributed by atoms with Crippen LogP contribution in [0.25, 0.3) is 4.48 Å². The van der Waals surface area contributed by atoms with E-state index in [1.165, 1.54) is 12.1 Å². The van der Waals surface area contributed by atoms with Gasteiger partial charge in [-0.15, -0.1) is 0 Å². The lowest BCUT2D eigenvalue weighted by atomic mass is 10.1. The first-order valence-electron chi connectivity index (χ1n) is 9.81. The van der Waals surface area contributed by atoms with Crippen LogP contribution in [0.1, 0.15) is 30.4 Å². The Hall–Kier alpha value is -2.87. The summed E-state index contributed by atoms with van der Waals surface area (Å²) in [7, 11) is 1.59. The summed E-state index contributed by atoms with van der Waals surface area (Å²) in [5, 5.41) is 14.1. The fourth-order valence-electron chi connectivity index (χ4n) is 3.39. The Morgan fingerprint density at radius 3 is 2.43 bits per heavy atom. The third-order valence-corrected chi connectivity index (χ3v) is 5.86. The zero-order valence-electron chi connectivity index (χ0n) is 16.8. The van der Waals surface area contributed by atoms with Crippen LogP contribution in [-0.4, -0.2) is 35.9 Å². The van der Waals surface area contributed by atoms with E-state index in [4.69, 9.17) is 4.74 Å². The average Bonchev–Trinajstić information content (AvgIpc) is 2.79. The molecule has 1 fully saturated rings. The van der Waals surface area contributed by atoms with Crippen LogP contribution in [0, 0.1) is 10.1 Å². The monoisotopic (exact) mass is 473 g/mol. The second-order valence-electron chi connectivity index (χ2n) is 7.02. The van der Waals surface area contributed by atoms with Crippen LogP contribution in [0.5, 0.6) is 5.75 Å². The Labute approximate surface area is 184 Å². The first-order valence-corrected chi connectivity index (χ1v) is 10.6. The van der Waals surface area contributed by atoms with Crippen molar-refractivity contribution in [3.63, 3.8) is 0 Å². The number of nitrogens with one attached hydrogen (secondary N) is 1. The number of ether oxygens (including phenoxy) is 1. The Kier molecular flexibility index (Phi) is 7.46. The van der Waals surface area contributed by atoms with Crippen molar-refractivity contribution in [1.29, 1.82) is 0 Å². The number of hydrogen-bond acceptors (Lipinski definition) is 5. The first-order chi connectivity index (χ1) is 14.5. The molecule has 8 heteroatoms. The molecule has 0 bridgehead atoms. The molecule has 0 aliphatic carbocycles. The first kappa shape index (κ1) is 21.8. The van der Waals surface area contributed by atoms with E-state index < -0.39 is 4.92 Å². The van der Waals surface area contributed by atoms with Gasteiger partial charge in [0.25, 0.3) is 11.6 Å². The molecule has 1 saturated heterocycles. The molecule has 0 atom stereocenters. The standard InChI is InChI=1S/C22H24BrN3O4/c1-30-19-8-4-3-7-18(19)20(23)21(22(27)25-13-5-2-6-14-25)24-15-16-9-11-17(12-10-16)26(28)29/h3-4,7-12,24H,2,5-6,13-15H2,1H3/b21-20+. The van der Waals surface area contributed by atoms with Gasteiger partial charge in [-0.2, -0.15) is 0 Å². The molecule has 1 aliphatic rings. The lowest BCUT2D eigenvalue weighted by Crippen LogP contribution is -2.40. The third kappa shape index (κ3) is 5.18. The molecule has 158 valence electrons. The summed E-state index contributed by atoms with van der Waals surface area (Å²) in [4.78, 5) is 25.6. The van der Waals surface area contributed by atoms with Gasteiger partial charge in [0.15, 0.2) is 0 Å². The number of rotatable bonds is 7. The lowest BCUT2D eigenvalue weighted by molar-refractivity contribution is -0.384. The summed E-state index contributed by atoms with van der Waals surface area (Å²) in [5.74, 6) is 0.583. The molecule has 0 aromatic heterocycles. The van der Waals surface area contributed by atoms with Gasteiger partial charge in [-0.05, 0) is 46.8 Å². The number of nitro groups is 1. The molecule has 1 N–H and O–H groups in total. The van der Waals surface area contributed by atoms with Crippen molar-refractivity contribution in [3.05, 3.63) is 75.5 Å². The molecule has 0 saturated carbocycles. The summed E-state index contributed by atoms with van der Waals surface area (Å²) in [6.07, 6.45) is 3.12. The van der Waals surface area contributed by atoms with Crippen LogP contribution in [0.4, 0.5) is 5.69 Å². The number of non-ortho nitro benzene ring substituents is 1. The van der Waals surface area contributed by atoms with E-state index in [1.807, 2.05) is 29.2 Å². The van der Waals surface area contributed by atoms with E-state index in [9.17, 15) is 14.9 Å². The minimum absolute atomic E-state index is 0.0362. The van der Waals surface area contributed by atoms with Crippen LogP contribution in [-0.2, 0) is 11.3 Å². The van der Waals surface area contributed by atoms with Gasteiger partial charge < -0.3 is 15.0 Å².